The fourth-order valence-corrected chi connectivity index (χ4v) is 2.87. The molecule has 2 rings (SSSR count). The third-order valence-electron chi connectivity index (χ3n) is 4.05. The summed E-state index contributed by atoms with van der Waals surface area (Å²) >= 11 is 0. The minimum atomic E-state index is -0.374. The molecule has 0 bridgehead atoms. The SMILES string of the molecule is CC(C)Oc1ccc(C(O)CCN2CCCCCC2)cc1. The van der Waals surface area contributed by atoms with Crippen molar-refractivity contribution in [2.75, 3.05) is 19.6 Å². The van der Waals surface area contributed by atoms with Gasteiger partial charge in [-0.3, -0.25) is 0 Å². The average molecular weight is 291 g/mol. The molecule has 1 saturated heterocycles. The molecule has 0 aliphatic carbocycles. The summed E-state index contributed by atoms with van der Waals surface area (Å²) in [5.74, 6) is 0.869. The Morgan fingerprint density at radius 3 is 2.24 bits per heavy atom. The van der Waals surface area contributed by atoms with Crippen LogP contribution >= 0.6 is 0 Å². The third-order valence-corrected chi connectivity index (χ3v) is 4.05. The lowest BCUT2D eigenvalue weighted by Crippen LogP contribution is -2.26. The van der Waals surface area contributed by atoms with Crippen LogP contribution in [0.2, 0.25) is 0 Å². The molecule has 118 valence electrons. The van der Waals surface area contributed by atoms with E-state index in [2.05, 4.69) is 4.90 Å². The summed E-state index contributed by atoms with van der Waals surface area (Å²) in [5.41, 5.74) is 0.987. The van der Waals surface area contributed by atoms with Gasteiger partial charge in [-0.15, -0.1) is 0 Å². The van der Waals surface area contributed by atoms with Gasteiger partial charge in [0.15, 0.2) is 0 Å². The topological polar surface area (TPSA) is 32.7 Å². The molecular formula is C18H29NO2. The van der Waals surface area contributed by atoms with Crippen LogP contribution in [0.5, 0.6) is 5.75 Å². The van der Waals surface area contributed by atoms with E-state index in [0.29, 0.717) is 0 Å². The molecule has 1 aromatic rings. The van der Waals surface area contributed by atoms with E-state index in [9.17, 15) is 5.11 Å². The van der Waals surface area contributed by atoms with Crippen molar-refractivity contribution in [2.45, 2.75) is 58.2 Å². The van der Waals surface area contributed by atoms with E-state index in [1.54, 1.807) is 0 Å². The molecule has 0 aromatic heterocycles. The van der Waals surface area contributed by atoms with Gasteiger partial charge in [0.05, 0.1) is 12.2 Å². The molecule has 1 atom stereocenters. The minimum absolute atomic E-state index is 0.184. The van der Waals surface area contributed by atoms with Gasteiger partial charge < -0.3 is 14.7 Å². The highest BCUT2D eigenvalue weighted by atomic mass is 16.5. The van der Waals surface area contributed by atoms with Gasteiger partial charge >= 0.3 is 0 Å². The number of nitrogens with zero attached hydrogens (tertiary/aromatic N) is 1. The predicted molar refractivity (Wildman–Crippen MR) is 86.7 cm³/mol. The molecular weight excluding hydrogens is 262 g/mol. The van der Waals surface area contributed by atoms with Crippen molar-refractivity contribution in [3.05, 3.63) is 29.8 Å². The summed E-state index contributed by atoms with van der Waals surface area (Å²) in [6.45, 7) is 7.40. The Morgan fingerprint density at radius 2 is 1.67 bits per heavy atom. The molecule has 21 heavy (non-hydrogen) atoms. The van der Waals surface area contributed by atoms with Crippen molar-refractivity contribution in [3.8, 4) is 5.75 Å². The van der Waals surface area contributed by atoms with Gasteiger partial charge in [-0.05, 0) is 63.9 Å². The van der Waals surface area contributed by atoms with E-state index in [0.717, 1.165) is 24.3 Å². The zero-order valence-corrected chi connectivity index (χ0v) is 13.4. The molecule has 3 nitrogen and oxygen atoms in total. The quantitative estimate of drug-likeness (QED) is 0.866. The lowest BCUT2D eigenvalue weighted by molar-refractivity contribution is 0.143. The van der Waals surface area contributed by atoms with E-state index >= 15 is 0 Å². The van der Waals surface area contributed by atoms with Crippen LogP contribution < -0.4 is 4.74 Å². The summed E-state index contributed by atoms with van der Waals surface area (Å²) < 4.78 is 5.63. The first-order chi connectivity index (χ1) is 10.1. The maximum atomic E-state index is 10.3. The van der Waals surface area contributed by atoms with Crippen LogP contribution in [-0.2, 0) is 0 Å². The predicted octanol–water partition coefficient (Wildman–Crippen LogP) is 3.77. The van der Waals surface area contributed by atoms with Crippen LogP contribution in [0.4, 0.5) is 0 Å². The molecule has 0 amide bonds. The Balaban J connectivity index is 1.80. The number of ether oxygens (including phenoxy) is 1. The summed E-state index contributed by atoms with van der Waals surface area (Å²) in [5, 5.41) is 10.3. The van der Waals surface area contributed by atoms with Gasteiger partial charge in [0.1, 0.15) is 5.75 Å². The Bertz CT molecular complexity index is 394. The molecule has 0 saturated carbocycles. The van der Waals surface area contributed by atoms with Crippen molar-refractivity contribution >= 4 is 0 Å². The molecule has 1 fully saturated rings. The van der Waals surface area contributed by atoms with Crippen molar-refractivity contribution in [1.29, 1.82) is 0 Å². The fourth-order valence-electron chi connectivity index (χ4n) is 2.87. The highest BCUT2D eigenvalue weighted by Crippen LogP contribution is 2.21. The maximum Gasteiger partial charge on any atom is 0.119 e. The summed E-state index contributed by atoms with van der Waals surface area (Å²) in [6, 6.07) is 7.85. The summed E-state index contributed by atoms with van der Waals surface area (Å²) in [6.07, 6.45) is 5.94. The van der Waals surface area contributed by atoms with E-state index in [4.69, 9.17) is 4.74 Å². The molecule has 1 unspecified atom stereocenters. The fraction of sp³-hybridized carbons (Fsp3) is 0.667. The number of likely N-dealkylation sites (tertiary alicyclic amines) is 1. The number of aliphatic hydroxyl groups is 1. The van der Waals surface area contributed by atoms with E-state index < -0.39 is 0 Å². The van der Waals surface area contributed by atoms with Crippen LogP contribution in [0.3, 0.4) is 0 Å². The van der Waals surface area contributed by atoms with Crippen molar-refractivity contribution in [1.82, 2.24) is 4.90 Å². The smallest absolute Gasteiger partial charge is 0.119 e. The van der Waals surface area contributed by atoms with E-state index in [-0.39, 0.29) is 12.2 Å². The van der Waals surface area contributed by atoms with Crippen LogP contribution in [0.15, 0.2) is 24.3 Å². The highest BCUT2D eigenvalue weighted by Gasteiger charge is 2.13. The Morgan fingerprint density at radius 1 is 1.05 bits per heavy atom. The second-order valence-electron chi connectivity index (χ2n) is 6.30. The molecule has 1 N–H and O–H groups in total. The number of benzene rings is 1. The first-order valence-electron chi connectivity index (χ1n) is 8.32. The first kappa shape index (κ1) is 16.3. The van der Waals surface area contributed by atoms with Gasteiger partial charge in [-0.1, -0.05) is 25.0 Å². The standard InChI is InChI=1S/C18H29NO2/c1-15(2)21-17-9-7-16(8-10-17)18(20)11-14-19-12-5-3-4-6-13-19/h7-10,15,18,20H,3-6,11-14H2,1-2H3. The van der Waals surface area contributed by atoms with Crippen LogP contribution in [0.1, 0.15) is 57.6 Å². The van der Waals surface area contributed by atoms with Gasteiger partial charge in [0.2, 0.25) is 0 Å². The van der Waals surface area contributed by atoms with Gasteiger partial charge in [-0.25, -0.2) is 0 Å². The van der Waals surface area contributed by atoms with Crippen LogP contribution in [0.25, 0.3) is 0 Å². The maximum absolute atomic E-state index is 10.3. The second kappa shape index (κ2) is 8.40. The normalized spacial score (nSPS) is 18.5. The average Bonchev–Trinajstić information content (AvgIpc) is 2.73. The second-order valence-corrected chi connectivity index (χ2v) is 6.30. The number of hydrogen-bond acceptors (Lipinski definition) is 3. The molecule has 1 aliphatic rings. The van der Waals surface area contributed by atoms with Crippen molar-refractivity contribution in [2.24, 2.45) is 0 Å². The van der Waals surface area contributed by atoms with Crippen LogP contribution in [0, 0.1) is 0 Å². The van der Waals surface area contributed by atoms with Crippen molar-refractivity contribution < 1.29 is 9.84 Å². The van der Waals surface area contributed by atoms with E-state index in [1.165, 1.54) is 38.8 Å². The summed E-state index contributed by atoms with van der Waals surface area (Å²) in [7, 11) is 0. The monoisotopic (exact) mass is 291 g/mol. The molecule has 1 heterocycles. The zero-order valence-electron chi connectivity index (χ0n) is 13.4. The lowest BCUT2D eigenvalue weighted by atomic mass is 10.1. The number of aliphatic hydroxyl groups excluding tert-OH is 1. The van der Waals surface area contributed by atoms with E-state index in [1.807, 2.05) is 38.1 Å². The minimum Gasteiger partial charge on any atom is -0.491 e. The number of rotatable bonds is 6. The zero-order chi connectivity index (χ0) is 15.1. The van der Waals surface area contributed by atoms with Gasteiger partial charge in [0.25, 0.3) is 0 Å². The highest BCUT2D eigenvalue weighted by molar-refractivity contribution is 5.28. The Labute approximate surface area is 128 Å². The summed E-state index contributed by atoms with van der Waals surface area (Å²) in [4.78, 5) is 2.49. The Hall–Kier alpha value is -1.06. The first-order valence-corrected chi connectivity index (χ1v) is 8.32. The van der Waals surface area contributed by atoms with Gasteiger partial charge in [-0.2, -0.15) is 0 Å². The Kier molecular flexibility index (Phi) is 6.52. The molecule has 3 heteroatoms. The molecule has 0 spiro atoms. The largest absolute Gasteiger partial charge is 0.491 e. The number of hydrogen-bond donors (Lipinski definition) is 1. The lowest BCUT2D eigenvalue weighted by Gasteiger charge is -2.21. The van der Waals surface area contributed by atoms with Gasteiger partial charge in [0, 0.05) is 6.54 Å². The molecule has 1 aromatic carbocycles. The molecule has 0 radical (unpaired) electrons. The van der Waals surface area contributed by atoms with Crippen molar-refractivity contribution in [3.63, 3.8) is 0 Å². The molecule has 1 aliphatic heterocycles. The third kappa shape index (κ3) is 5.68. The van der Waals surface area contributed by atoms with Crippen LogP contribution in [-0.4, -0.2) is 35.7 Å².